The largest absolute Gasteiger partial charge is 0.0625 e. The second-order valence-electron chi connectivity index (χ2n) is 6.64. The van der Waals surface area contributed by atoms with Gasteiger partial charge in [-0.25, -0.2) is 0 Å². The summed E-state index contributed by atoms with van der Waals surface area (Å²) in [6.07, 6.45) is 6.75. The van der Waals surface area contributed by atoms with Gasteiger partial charge in [0.1, 0.15) is 0 Å². The van der Waals surface area contributed by atoms with Gasteiger partial charge in [-0.05, 0) is 55.3 Å². The Labute approximate surface area is 136 Å². The van der Waals surface area contributed by atoms with Gasteiger partial charge in [-0.3, -0.25) is 0 Å². The highest BCUT2D eigenvalue weighted by Gasteiger charge is 2.35. The lowest BCUT2D eigenvalue weighted by atomic mass is 9.96. The van der Waals surface area contributed by atoms with Crippen LogP contribution in [-0.4, -0.2) is 5.66 Å². The average molecular weight is 309 g/mol. The number of rotatable bonds is 5. The molecule has 3 rings (SSSR count). The molecule has 0 nitrogen and oxygen atoms in total. The Hall–Kier alpha value is -1.13. The van der Waals surface area contributed by atoms with E-state index in [1.807, 2.05) is 0 Å². The number of hydrogen-bond donors (Lipinski definition) is 0. The molecule has 1 radical (unpaired) electrons. The minimum absolute atomic E-state index is 0.253. The first kappa shape index (κ1) is 15.8. The fourth-order valence-electron chi connectivity index (χ4n) is 3.72. The Morgan fingerprint density at radius 2 is 1.41 bits per heavy atom. The Balaban J connectivity index is 1.95. The predicted octanol–water partition coefficient (Wildman–Crippen LogP) is 5.15. The van der Waals surface area contributed by atoms with E-state index in [-0.39, 0.29) is 7.92 Å². The molecule has 1 aliphatic carbocycles. The Bertz CT molecular complexity index is 521. The first-order valence-corrected chi connectivity index (χ1v) is 9.91. The third kappa shape index (κ3) is 3.61. The van der Waals surface area contributed by atoms with Gasteiger partial charge >= 0.3 is 0 Å². The molecule has 115 valence electrons. The van der Waals surface area contributed by atoms with Gasteiger partial charge in [0.15, 0.2) is 0 Å². The molecule has 2 aromatic carbocycles. The molecule has 0 amide bonds. The zero-order chi connectivity index (χ0) is 15.4. The van der Waals surface area contributed by atoms with Crippen LogP contribution in [0.1, 0.15) is 33.1 Å². The highest BCUT2D eigenvalue weighted by Crippen LogP contribution is 2.51. The van der Waals surface area contributed by atoms with E-state index in [0.717, 1.165) is 11.6 Å². The lowest BCUT2D eigenvalue weighted by molar-refractivity contribution is 0.554. The van der Waals surface area contributed by atoms with E-state index >= 15 is 0 Å². The molecule has 0 saturated heterocycles. The zero-order valence-electron chi connectivity index (χ0n) is 13.7. The molecule has 0 aliphatic heterocycles. The second kappa shape index (κ2) is 7.42. The van der Waals surface area contributed by atoms with Gasteiger partial charge < -0.3 is 0 Å². The molecule has 1 aliphatic rings. The molecule has 0 unspecified atom stereocenters. The summed E-state index contributed by atoms with van der Waals surface area (Å²) >= 11 is 0. The van der Waals surface area contributed by atoms with Crippen molar-refractivity contribution < 1.29 is 0 Å². The van der Waals surface area contributed by atoms with Crippen LogP contribution in [0.2, 0.25) is 0 Å². The van der Waals surface area contributed by atoms with Crippen molar-refractivity contribution in [2.45, 2.75) is 38.8 Å². The molecule has 0 N–H and O–H groups in total. The summed E-state index contributed by atoms with van der Waals surface area (Å²) in [4.78, 5) is 0. The van der Waals surface area contributed by atoms with E-state index in [1.165, 1.54) is 29.9 Å². The monoisotopic (exact) mass is 309 g/mol. The fourth-order valence-corrected chi connectivity index (χ4v) is 6.84. The van der Waals surface area contributed by atoms with Crippen LogP contribution in [0.4, 0.5) is 0 Å². The summed E-state index contributed by atoms with van der Waals surface area (Å²) in [5, 5.41) is 3.08. The molecule has 1 heteroatoms. The quantitative estimate of drug-likeness (QED) is 0.670. The summed E-state index contributed by atoms with van der Waals surface area (Å²) in [5.41, 5.74) is 0.808. The highest BCUT2D eigenvalue weighted by atomic mass is 31.1. The van der Waals surface area contributed by atoms with Crippen molar-refractivity contribution in [3.63, 3.8) is 0 Å². The van der Waals surface area contributed by atoms with Gasteiger partial charge in [-0.2, -0.15) is 0 Å². The van der Waals surface area contributed by atoms with E-state index in [9.17, 15) is 0 Å². The van der Waals surface area contributed by atoms with E-state index in [1.54, 1.807) is 0 Å². The van der Waals surface area contributed by atoms with Crippen LogP contribution in [0.15, 0.2) is 60.7 Å². The zero-order valence-corrected chi connectivity index (χ0v) is 14.5. The van der Waals surface area contributed by atoms with E-state index in [2.05, 4.69) is 80.9 Å². The van der Waals surface area contributed by atoms with Gasteiger partial charge in [0.05, 0.1) is 0 Å². The van der Waals surface area contributed by atoms with Crippen molar-refractivity contribution >= 4 is 18.5 Å². The molecule has 1 saturated carbocycles. The Kier molecular flexibility index (Phi) is 5.32. The normalized spacial score (nSPS) is 21.6. The Morgan fingerprint density at radius 3 is 1.91 bits per heavy atom. The van der Waals surface area contributed by atoms with E-state index < -0.39 is 0 Å². The molecule has 0 spiro atoms. The molecular weight excluding hydrogens is 283 g/mol. The van der Waals surface area contributed by atoms with Crippen molar-refractivity contribution in [3.8, 4) is 0 Å². The van der Waals surface area contributed by atoms with Gasteiger partial charge in [0.2, 0.25) is 0 Å². The van der Waals surface area contributed by atoms with Gasteiger partial charge in [0.25, 0.3) is 0 Å². The minimum atomic E-state index is -0.253. The summed E-state index contributed by atoms with van der Waals surface area (Å²) in [5.74, 6) is 1.47. The molecule has 2 atom stereocenters. The Morgan fingerprint density at radius 1 is 0.864 bits per heavy atom. The third-order valence-electron chi connectivity index (χ3n) is 4.56. The molecule has 0 heterocycles. The lowest BCUT2D eigenvalue weighted by Crippen LogP contribution is -2.25. The summed E-state index contributed by atoms with van der Waals surface area (Å²) in [7, 11) is -0.253. The average Bonchev–Trinajstić information content (AvgIpc) is 2.97. The van der Waals surface area contributed by atoms with Crippen molar-refractivity contribution in [3.05, 3.63) is 67.1 Å². The van der Waals surface area contributed by atoms with Crippen LogP contribution in [-0.2, 0) is 0 Å². The van der Waals surface area contributed by atoms with Crippen LogP contribution < -0.4 is 10.6 Å². The maximum atomic E-state index is 2.61. The molecular formula is C21H26P. The second-order valence-corrected chi connectivity index (χ2v) is 9.08. The van der Waals surface area contributed by atoms with Crippen LogP contribution in [0.3, 0.4) is 0 Å². The minimum Gasteiger partial charge on any atom is -0.0625 e. The molecule has 2 aromatic rings. The topological polar surface area (TPSA) is 0 Å². The summed E-state index contributed by atoms with van der Waals surface area (Å²) in [6.45, 7) is 4.64. The molecule has 1 fully saturated rings. The van der Waals surface area contributed by atoms with E-state index in [4.69, 9.17) is 0 Å². The summed E-state index contributed by atoms with van der Waals surface area (Å²) < 4.78 is 0. The lowest BCUT2D eigenvalue weighted by Gasteiger charge is -2.31. The standard InChI is InChI=1S/C21H26P/c1-17(2)16-18-10-9-15-21(18)22(19-11-5-3-6-12-19)20-13-7-4-8-14-20/h3-8,11-14,16-18,21H,9-10,15H2,1-2H3/t18-,21-/m1/s1. The first-order chi connectivity index (χ1) is 10.8. The van der Waals surface area contributed by atoms with E-state index in [0.29, 0.717) is 5.92 Å². The molecule has 22 heavy (non-hydrogen) atoms. The maximum Gasteiger partial charge on any atom is -0.00976 e. The van der Waals surface area contributed by atoms with Crippen LogP contribution in [0.25, 0.3) is 0 Å². The van der Waals surface area contributed by atoms with Crippen LogP contribution in [0, 0.1) is 18.3 Å². The van der Waals surface area contributed by atoms with Gasteiger partial charge in [-0.1, -0.05) is 80.9 Å². The SMILES string of the molecule is CC(C)[CH][C@H]1CCC[C@H]1P(c1ccccc1)c1ccccc1. The van der Waals surface area contributed by atoms with Crippen LogP contribution >= 0.6 is 7.92 Å². The summed E-state index contributed by atoms with van der Waals surface area (Å²) in [6, 6.07) is 22.4. The smallest absolute Gasteiger partial charge is 0.00976 e. The highest BCUT2D eigenvalue weighted by molar-refractivity contribution is 7.73. The first-order valence-electron chi connectivity index (χ1n) is 8.50. The van der Waals surface area contributed by atoms with Gasteiger partial charge in [-0.15, -0.1) is 0 Å². The number of benzene rings is 2. The molecule has 0 bridgehead atoms. The van der Waals surface area contributed by atoms with Crippen molar-refractivity contribution in [1.29, 1.82) is 0 Å². The van der Waals surface area contributed by atoms with Crippen LogP contribution in [0.5, 0.6) is 0 Å². The number of hydrogen-bond acceptors (Lipinski definition) is 0. The predicted molar refractivity (Wildman–Crippen MR) is 99.3 cm³/mol. The molecule has 0 aromatic heterocycles. The maximum absolute atomic E-state index is 2.61. The fraction of sp³-hybridized carbons (Fsp3) is 0.381. The van der Waals surface area contributed by atoms with Crippen molar-refractivity contribution in [2.75, 3.05) is 0 Å². The third-order valence-corrected chi connectivity index (χ3v) is 7.58. The van der Waals surface area contributed by atoms with Crippen molar-refractivity contribution in [2.24, 2.45) is 11.8 Å². The van der Waals surface area contributed by atoms with Crippen molar-refractivity contribution in [1.82, 2.24) is 0 Å². The van der Waals surface area contributed by atoms with Gasteiger partial charge in [0, 0.05) is 0 Å².